The number of carbonyl (C=O) groups is 3. The van der Waals surface area contributed by atoms with Gasteiger partial charge in [0, 0.05) is 19.3 Å². The topological polar surface area (TPSA) is 78.9 Å². The number of ether oxygens (including phenoxy) is 3. The van der Waals surface area contributed by atoms with E-state index in [0.29, 0.717) is 12.8 Å². The van der Waals surface area contributed by atoms with Crippen molar-refractivity contribution in [3.8, 4) is 0 Å². The molecule has 0 spiro atoms. The van der Waals surface area contributed by atoms with Gasteiger partial charge in [-0.1, -0.05) is 251 Å². The van der Waals surface area contributed by atoms with Crippen molar-refractivity contribution < 1.29 is 28.6 Å². The average Bonchev–Trinajstić information content (AvgIpc) is 3.39. The maximum atomic E-state index is 12.9. The third-order valence-electron chi connectivity index (χ3n) is 12.4. The molecule has 73 heavy (non-hydrogen) atoms. The first kappa shape index (κ1) is 68.8. The number of hydrogen-bond acceptors (Lipinski definition) is 6. The quantitative estimate of drug-likeness (QED) is 0.0261. The summed E-state index contributed by atoms with van der Waals surface area (Å²) in [5.74, 6) is -1.02. The molecule has 0 aromatic rings. The Balaban J connectivity index is 4.39. The summed E-state index contributed by atoms with van der Waals surface area (Å²) >= 11 is 0. The number of esters is 3. The molecule has 0 saturated heterocycles. The van der Waals surface area contributed by atoms with Gasteiger partial charge in [-0.2, -0.15) is 0 Å². The zero-order valence-electron chi connectivity index (χ0n) is 47.4. The second-order valence-corrected chi connectivity index (χ2v) is 19.5. The minimum Gasteiger partial charge on any atom is -0.462 e. The van der Waals surface area contributed by atoms with E-state index in [0.717, 1.165) is 109 Å². The maximum absolute atomic E-state index is 12.9. The van der Waals surface area contributed by atoms with Crippen molar-refractivity contribution in [2.75, 3.05) is 13.2 Å². The molecule has 0 amide bonds. The van der Waals surface area contributed by atoms with Crippen molar-refractivity contribution in [3.63, 3.8) is 0 Å². The minimum atomic E-state index is -0.824. The summed E-state index contributed by atoms with van der Waals surface area (Å²) in [5, 5.41) is 0. The molecule has 0 radical (unpaired) electrons. The van der Waals surface area contributed by atoms with Gasteiger partial charge >= 0.3 is 17.9 Å². The number of allylic oxidation sites excluding steroid dienone is 20. The highest BCUT2D eigenvalue weighted by atomic mass is 16.6. The van der Waals surface area contributed by atoms with Gasteiger partial charge < -0.3 is 14.2 Å². The van der Waals surface area contributed by atoms with Gasteiger partial charge in [0.25, 0.3) is 0 Å². The van der Waals surface area contributed by atoms with Crippen LogP contribution >= 0.6 is 0 Å². The maximum Gasteiger partial charge on any atom is 0.306 e. The molecule has 1 atom stereocenters. The average molecular weight is 1010 g/mol. The van der Waals surface area contributed by atoms with Crippen molar-refractivity contribution >= 4 is 17.9 Å². The molecule has 0 aliphatic carbocycles. The molecule has 0 rings (SSSR count). The zero-order chi connectivity index (χ0) is 52.9. The summed E-state index contributed by atoms with van der Waals surface area (Å²) in [6.45, 7) is 6.32. The lowest BCUT2D eigenvalue weighted by Gasteiger charge is -2.18. The summed E-state index contributed by atoms with van der Waals surface area (Å²) in [6, 6.07) is 0. The molecule has 6 nitrogen and oxygen atoms in total. The number of hydrogen-bond donors (Lipinski definition) is 0. The van der Waals surface area contributed by atoms with Gasteiger partial charge in [0.1, 0.15) is 13.2 Å². The summed E-state index contributed by atoms with van der Waals surface area (Å²) in [6.07, 6.45) is 83.6. The van der Waals surface area contributed by atoms with Gasteiger partial charge in [-0.25, -0.2) is 0 Å². The molecule has 6 heteroatoms. The van der Waals surface area contributed by atoms with Crippen molar-refractivity contribution in [1.29, 1.82) is 0 Å². The molecule has 0 bridgehead atoms. The molecular weight excluding hydrogens is 901 g/mol. The summed E-state index contributed by atoms with van der Waals surface area (Å²) in [4.78, 5) is 38.1. The molecule has 0 aromatic carbocycles. The summed E-state index contributed by atoms with van der Waals surface area (Å²) in [5.41, 5.74) is 0. The van der Waals surface area contributed by atoms with E-state index in [9.17, 15) is 14.4 Å². The van der Waals surface area contributed by atoms with Crippen LogP contribution in [0.15, 0.2) is 122 Å². The van der Waals surface area contributed by atoms with E-state index in [1.165, 1.54) is 109 Å². The third kappa shape index (κ3) is 58.6. The van der Waals surface area contributed by atoms with Crippen LogP contribution in [0, 0.1) is 0 Å². The lowest BCUT2D eigenvalue weighted by molar-refractivity contribution is -0.166. The Labute approximate surface area is 450 Å². The van der Waals surface area contributed by atoms with Gasteiger partial charge in [-0.15, -0.1) is 0 Å². The first-order valence-electron chi connectivity index (χ1n) is 30.0. The van der Waals surface area contributed by atoms with Crippen LogP contribution in [-0.2, 0) is 28.6 Å². The van der Waals surface area contributed by atoms with Gasteiger partial charge in [0.05, 0.1) is 0 Å². The lowest BCUT2D eigenvalue weighted by Crippen LogP contribution is -2.30. The van der Waals surface area contributed by atoms with Crippen LogP contribution in [0.1, 0.15) is 265 Å². The van der Waals surface area contributed by atoms with Crippen molar-refractivity contribution in [3.05, 3.63) is 122 Å². The fourth-order valence-corrected chi connectivity index (χ4v) is 8.01. The van der Waals surface area contributed by atoms with Crippen LogP contribution in [0.2, 0.25) is 0 Å². The van der Waals surface area contributed by atoms with Crippen LogP contribution in [0.4, 0.5) is 0 Å². The summed E-state index contributed by atoms with van der Waals surface area (Å²) in [7, 11) is 0. The number of carbonyl (C=O) groups excluding carboxylic acids is 3. The third-order valence-corrected chi connectivity index (χ3v) is 12.4. The Bertz CT molecular complexity index is 1540. The van der Waals surface area contributed by atoms with Crippen LogP contribution in [0.3, 0.4) is 0 Å². The summed E-state index contributed by atoms with van der Waals surface area (Å²) < 4.78 is 16.8. The number of unbranched alkanes of at least 4 members (excludes halogenated alkanes) is 22. The lowest BCUT2D eigenvalue weighted by atomic mass is 10.0. The van der Waals surface area contributed by atoms with E-state index >= 15 is 0 Å². The van der Waals surface area contributed by atoms with Gasteiger partial charge in [-0.3, -0.25) is 14.4 Å². The van der Waals surface area contributed by atoms with Crippen LogP contribution in [0.25, 0.3) is 0 Å². The predicted molar refractivity (Wildman–Crippen MR) is 316 cm³/mol. The fraction of sp³-hybridized carbons (Fsp3) is 0.657. The normalized spacial score (nSPS) is 13.0. The first-order valence-corrected chi connectivity index (χ1v) is 30.0. The van der Waals surface area contributed by atoms with Crippen molar-refractivity contribution in [2.45, 2.75) is 271 Å². The fourth-order valence-electron chi connectivity index (χ4n) is 8.01. The smallest absolute Gasteiger partial charge is 0.306 e. The van der Waals surface area contributed by atoms with Gasteiger partial charge in [-0.05, 0) is 116 Å². The van der Waals surface area contributed by atoms with Gasteiger partial charge in [0.2, 0.25) is 0 Å². The molecule has 0 aliphatic rings. The van der Waals surface area contributed by atoms with E-state index in [4.69, 9.17) is 14.2 Å². The Morgan fingerprint density at radius 2 is 0.562 bits per heavy atom. The highest BCUT2D eigenvalue weighted by molar-refractivity contribution is 5.71. The molecule has 0 fully saturated rings. The van der Waals surface area contributed by atoms with E-state index in [1.807, 2.05) is 12.2 Å². The van der Waals surface area contributed by atoms with E-state index < -0.39 is 6.10 Å². The molecule has 0 aliphatic heterocycles. The second kappa shape index (κ2) is 60.4. The largest absolute Gasteiger partial charge is 0.462 e. The Morgan fingerprint density at radius 3 is 0.918 bits per heavy atom. The van der Waals surface area contributed by atoms with Crippen molar-refractivity contribution in [1.82, 2.24) is 0 Å². The highest BCUT2D eigenvalue weighted by Crippen LogP contribution is 2.15. The molecule has 0 heterocycles. The first-order chi connectivity index (χ1) is 36.0. The molecular formula is C67H110O6. The predicted octanol–water partition coefficient (Wildman–Crippen LogP) is 20.4. The zero-order valence-corrected chi connectivity index (χ0v) is 47.4. The molecule has 0 saturated carbocycles. The van der Waals surface area contributed by atoms with Crippen molar-refractivity contribution in [2.24, 2.45) is 0 Å². The second-order valence-electron chi connectivity index (χ2n) is 19.5. The Hall–Kier alpha value is -4.19. The van der Waals surface area contributed by atoms with E-state index in [1.54, 1.807) is 0 Å². The highest BCUT2D eigenvalue weighted by Gasteiger charge is 2.19. The molecule has 0 N–H and O–H groups in total. The molecule has 0 aromatic heterocycles. The Kier molecular flexibility index (Phi) is 56.9. The van der Waals surface area contributed by atoms with Crippen LogP contribution in [-0.4, -0.2) is 37.2 Å². The minimum absolute atomic E-state index is 0.113. The SMILES string of the molecule is CC/C=C\C/C=C\C/C=C\C/C=C\CCCCCCC(=O)OC(COC(=O)CC/C=C\C/C=C\C/C=C\C/C=C\CC)COC(=O)CCCCCCCCCCCCCCC/C=C\C/C=C\CCCCCCC. The monoisotopic (exact) mass is 1010 g/mol. The van der Waals surface area contributed by atoms with E-state index in [-0.39, 0.29) is 44.0 Å². The number of rotatable bonds is 53. The standard InChI is InChI=1S/C67H110O6/c1-4-7-10-13-16-19-22-25-27-29-30-31-32-33-34-35-36-38-39-42-45-48-51-54-57-60-66(69)72-63-64(62-71-65(68)59-56-53-50-47-44-41-24-21-18-15-12-9-6-3)73-67(70)61-58-55-52-49-46-43-40-37-28-26-23-20-17-14-11-8-5-2/h8-9,11-12,17-18,20-22,25-26,28-30,40-41,43-44,50,53,64H,4-7,10,13-16,19,23-24,27,31-39,42,45-49,51-52,54-63H2,1-3H3/b11-8-,12-9-,20-17-,21-18-,25-22-,28-26-,30-29-,43-40-,44-41-,53-50-. The van der Waals surface area contributed by atoms with Crippen LogP contribution in [0.5, 0.6) is 0 Å². The van der Waals surface area contributed by atoms with Gasteiger partial charge in [0.15, 0.2) is 6.10 Å². The van der Waals surface area contributed by atoms with Crippen LogP contribution < -0.4 is 0 Å². The Morgan fingerprint density at radius 1 is 0.288 bits per heavy atom. The molecule has 1 unspecified atom stereocenters. The molecule has 414 valence electrons. The van der Waals surface area contributed by atoms with E-state index in [2.05, 4.69) is 130 Å².